The summed E-state index contributed by atoms with van der Waals surface area (Å²) in [7, 11) is 0. The highest BCUT2D eigenvalue weighted by molar-refractivity contribution is 6.25. The van der Waals surface area contributed by atoms with Crippen LogP contribution in [0.25, 0.3) is 0 Å². The summed E-state index contributed by atoms with van der Waals surface area (Å²) < 4.78 is 0. The molecule has 0 N–H and O–H groups in total. The Hall–Kier alpha value is -2.22. The number of fused-ring (bicyclic) bond motifs is 6. The normalized spacial score (nSPS) is 25.3. The van der Waals surface area contributed by atoms with Crippen LogP contribution in [0.1, 0.15) is 79.8 Å². The van der Waals surface area contributed by atoms with Gasteiger partial charge in [0, 0.05) is 11.1 Å². The first-order valence-corrected chi connectivity index (χ1v) is 10.6. The van der Waals surface area contributed by atoms with E-state index in [1.807, 2.05) is 6.07 Å². The van der Waals surface area contributed by atoms with Gasteiger partial charge in [0.15, 0.2) is 11.6 Å². The fourth-order valence-corrected chi connectivity index (χ4v) is 6.24. The van der Waals surface area contributed by atoms with E-state index in [2.05, 4.69) is 18.2 Å². The number of hydrogen-bond acceptors (Lipinski definition) is 2. The minimum atomic E-state index is -0.843. The Labute approximate surface area is 160 Å². The van der Waals surface area contributed by atoms with Crippen molar-refractivity contribution in [2.24, 2.45) is 5.41 Å². The van der Waals surface area contributed by atoms with Gasteiger partial charge in [-0.3, -0.25) is 9.59 Å². The molecule has 2 aromatic carbocycles. The SMILES string of the molecule is O=C1c2ccc3c(c2CC12Cc1ccc4c(c1C2=O)CCCC4)CCCC3. The lowest BCUT2D eigenvalue weighted by Gasteiger charge is -2.21. The van der Waals surface area contributed by atoms with Gasteiger partial charge in [-0.1, -0.05) is 24.3 Å². The lowest BCUT2D eigenvalue weighted by Crippen LogP contribution is -2.35. The molecule has 2 aromatic rings. The number of aryl methyl sites for hydroxylation is 2. The Bertz CT molecular complexity index is 1030. The highest BCUT2D eigenvalue weighted by Gasteiger charge is 2.56. The number of benzene rings is 2. The van der Waals surface area contributed by atoms with Gasteiger partial charge in [-0.25, -0.2) is 0 Å². The zero-order valence-electron chi connectivity index (χ0n) is 15.7. The third kappa shape index (κ3) is 1.96. The van der Waals surface area contributed by atoms with Crippen molar-refractivity contribution in [3.05, 3.63) is 68.8 Å². The fourth-order valence-electron chi connectivity index (χ4n) is 6.24. The van der Waals surface area contributed by atoms with E-state index in [0.717, 1.165) is 48.8 Å². The van der Waals surface area contributed by atoms with E-state index in [4.69, 9.17) is 0 Å². The predicted molar refractivity (Wildman–Crippen MR) is 105 cm³/mol. The second-order valence-electron chi connectivity index (χ2n) is 8.97. The van der Waals surface area contributed by atoms with Crippen LogP contribution in [0.4, 0.5) is 0 Å². The third-order valence-corrected chi connectivity index (χ3v) is 7.58. The van der Waals surface area contributed by atoms with E-state index in [1.54, 1.807) is 0 Å². The summed E-state index contributed by atoms with van der Waals surface area (Å²) in [5, 5.41) is 0. The summed E-state index contributed by atoms with van der Waals surface area (Å²) >= 11 is 0. The Morgan fingerprint density at radius 3 is 2.04 bits per heavy atom. The molecule has 2 nitrogen and oxygen atoms in total. The molecule has 0 saturated heterocycles. The van der Waals surface area contributed by atoms with Crippen molar-refractivity contribution in [2.75, 3.05) is 0 Å². The number of hydrogen-bond donors (Lipinski definition) is 0. The average molecular weight is 356 g/mol. The maximum Gasteiger partial charge on any atom is 0.178 e. The number of Topliss-reactive ketones (excluding diaryl/α,β-unsaturated/α-hetero) is 2. The van der Waals surface area contributed by atoms with Crippen LogP contribution in [0.2, 0.25) is 0 Å². The van der Waals surface area contributed by atoms with Crippen molar-refractivity contribution in [3.8, 4) is 0 Å². The van der Waals surface area contributed by atoms with Crippen LogP contribution in [0.15, 0.2) is 24.3 Å². The molecule has 0 bridgehead atoms. The standard InChI is InChI=1S/C25H24O2/c26-23-20-12-11-15-5-1-3-7-18(15)21(20)14-25(23)13-17-10-9-16-6-2-4-8-19(16)22(17)24(25)27/h9-12H,1-8,13-14H2. The molecule has 1 atom stereocenters. The Kier molecular flexibility index (Phi) is 3.16. The van der Waals surface area contributed by atoms with Crippen LogP contribution in [0.3, 0.4) is 0 Å². The molecule has 0 saturated carbocycles. The molecule has 0 heterocycles. The van der Waals surface area contributed by atoms with Crippen LogP contribution in [-0.2, 0) is 38.5 Å². The van der Waals surface area contributed by atoms with E-state index in [0.29, 0.717) is 12.8 Å². The molecule has 27 heavy (non-hydrogen) atoms. The molecule has 0 aromatic heterocycles. The maximum absolute atomic E-state index is 13.7. The van der Waals surface area contributed by atoms with Crippen LogP contribution >= 0.6 is 0 Å². The van der Waals surface area contributed by atoms with Crippen molar-refractivity contribution < 1.29 is 9.59 Å². The van der Waals surface area contributed by atoms with E-state index >= 15 is 0 Å². The number of ketones is 2. The summed E-state index contributed by atoms with van der Waals surface area (Å²) in [6.45, 7) is 0. The van der Waals surface area contributed by atoms with Gasteiger partial charge >= 0.3 is 0 Å². The van der Waals surface area contributed by atoms with Gasteiger partial charge in [-0.15, -0.1) is 0 Å². The Morgan fingerprint density at radius 2 is 1.22 bits per heavy atom. The Morgan fingerprint density at radius 1 is 0.593 bits per heavy atom. The third-order valence-electron chi connectivity index (χ3n) is 7.58. The van der Waals surface area contributed by atoms with E-state index in [9.17, 15) is 9.59 Å². The van der Waals surface area contributed by atoms with Gasteiger partial charge in [0.2, 0.25) is 0 Å². The Balaban J connectivity index is 1.49. The molecule has 1 unspecified atom stereocenters. The zero-order chi connectivity index (χ0) is 18.2. The van der Waals surface area contributed by atoms with Crippen LogP contribution in [0.5, 0.6) is 0 Å². The summed E-state index contributed by atoms with van der Waals surface area (Å²) in [6, 6.07) is 8.52. The summed E-state index contributed by atoms with van der Waals surface area (Å²) in [6.07, 6.45) is 10.3. The molecule has 6 rings (SSSR count). The number of carbonyl (C=O) groups is 2. The molecule has 0 aliphatic heterocycles. The second kappa shape index (κ2) is 5.41. The molecule has 1 spiro atoms. The van der Waals surface area contributed by atoms with E-state index < -0.39 is 5.41 Å². The highest BCUT2D eigenvalue weighted by Crippen LogP contribution is 2.50. The van der Waals surface area contributed by atoms with E-state index in [1.165, 1.54) is 47.1 Å². The minimum Gasteiger partial charge on any atom is -0.293 e. The van der Waals surface area contributed by atoms with Crippen LogP contribution < -0.4 is 0 Å². The second-order valence-corrected chi connectivity index (χ2v) is 8.97. The van der Waals surface area contributed by atoms with Crippen LogP contribution in [0, 0.1) is 5.41 Å². The topological polar surface area (TPSA) is 34.1 Å². The van der Waals surface area contributed by atoms with Gasteiger partial charge in [0.25, 0.3) is 0 Å². The molecule has 4 aliphatic rings. The minimum absolute atomic E-state index is 0.0941. The van der Waals surface area contributed by atoms with Crippen molar-refractivity contribution in [1.29, 1.82) is 0 Å². The first kappa shape index (κ1) is 15.8. The number of carbonyl (C=O) groups excluding carboxylic acids is 2. The molecule has 0 radical (unpaired) electrons. The van der Waals surface area contributed by atoms with Crippen LogP contribution in [-0.4, -0.2) is 11.6 Å². The van der Waals surface area contributed by atoms with Gasteiger partial charge in [-0.05, 0) is 97.6 Å². The fraction of sp³-hybridized carbons (Fsp3) is 0.440. The van der Waals surface area contributed by atoms with Gasteiger partial charge < -0.3 is 0 Å². The molecule has 0 amide bonds. The molecular formula is C25H24O2. The van der Waals surface area contributed by atoms with Crippen molar-refractivity contribution >= 4 is 11.6 Å². The largest absolute Gasteiger partial charge is 0.293 e. The number of rotatable bonds is 0. The first-order valence-electron chi connectivity index (χ1n) is 10.6. The highest BCUT2D eigenvalue weighted by atomic mass is 16.2. The monoisotopic (exact) mass is 356 g/mol. The maximum atomic E-state index is 13.7. The lowest BCUT2D eigenvalue weighted by molar-refractivity contribution is 0.0705. The average Bonchev–Trinajstić information content (AvgIpc) is 3.17. The van der Waals surface area contributed by atoms with Gasteiger partial charge in [0.1, 0.15) is 5.41 Å². The molecule has 2 heteroatoms. The molecule has 4 aliphatic carbocycles. The van der Waals surface area contributed by atoms with Crippen molar-refractivity contribution in [3.63, 3.8) is 0 Å². The summed E-state index contributed by atoms with van der Waals surface area (Å²) in [4.78, 5) is 27.3. The van der Waals surface area contributed by atoms with Gasteiger partial charge in [0.05, 0.1) is 0 Å². The zero-order valence-corrected chi connectivity index (χ0v) is 15.7. The smallest absolute Gasteiger partial charge is 0.178 e. The first-order chi connectivity index (χ1) is 13.2. The van der Waals surface area contributed by atoms with Gasteiger partial charge in [-0.2, -0.15) is 0 Å². The lowest BCUT2D eigenvalue weighted by atomic mass is 9.78. The molecular weight excluding hydrogens is 332 g/mol. The van der Waals surface area contributed by atoms with E-state index in [-0.39, 0.29) is 11.6 Å². The molecule has 0 fully saturated rings. The molecule has 136 valence electrons. The quantitative estimate of drug-likeness (QED) is 0.646. The predicted octanol–water partition coefficient (Wildman–Crippen LogP) is 4.61. The summed E-state index contributed by atoms with van der Waals surface area (Å²) in [5.41, 5.74) is 8.62. The van der Waals surface area contributed by atoms with Crippen molar-refractivity contribution in [2.45, 2.75) is 64.2 Å². The van der Waals surface area contributed by atoms with Crippen molar-refractivity contribution in [1.82, 2.24) is 0 Å². The summed E-state index contributed by atoms with van der Waals surface area (Å²) in [5.74, 6) is 0.221.